The molecule has 3 N–H and O–H groups in total. The number of aliphatic hydroxyl groups is 1. The maximum absolute atomic E-state index is 12.9. The molecule has 8 heteroatoms. The second kappa shape index (κ2) is 14.2. The van der Waals surface area contributed by atoms with E-state index in [1.165, 1.54) is 6.08 Å². The molecule has 188 valence electrons. The molecule has 0 saturated heterocycles. The highest BCUT2D eigenvalue weighted by molar-refractivity contribution is 5.84. The first-order valence-electron chi connectivity index (χ1n) is 11.5. The van der Waals surface area contributed by atoms with E-state index < -0.39 is 24.3 Å². The van der Waals surface area contributed by atoms with Crippen LogP contribution in [-0.4, -0.2) is 41.6 Å². The van der Waals surface area contributed by atoms with Crippen molar-refractivity contribution in [2.24, 2.45) is 0 Å². The zero-order valence-corrected chi connectivity index (χ0v) is 19.7. The molecule has 0 heterocycles. The standard InChI is InChI=1S/C28H29NO7/c30-18-19-34-24-15-9-10-21(20-24)27(36-28(33)29-22-11-3-1-4-12-22)25(16-7-8-17-26(31)32)35-23-13-5-2-6-14-23/h1-6,8-15,17,20,25,27,30H,7,16,18-19H2,(H,29,33)(H,31,32)/b17-8+/t25-,27-/m0/s1. The average molecular weight is 492 g/mol. The third kappa shape index (κ3) is 8.81. The van der Waals surface area contributed by atoms with Gasteiger partial charge in [0.2, 0.25) is 0 Å². The van der Waals surface area contributed by atoms with E-state index in [0.29, 0.717) is 35.6 Å². The number of amides is 1. The van der Waals surface area contributed by atoms with Gasteiger partial charge in [0.15, 0.2) is 6.10 Å². The average Bonchev–Trinajstić information content (AvgIpc) is 2.89. The van der Waals surface area contributed by atoms with E-state index in [0.717, 1.165) is 6.08 Å². The fourth-order valence-electron chi connectivity index (χ4n) is 3.48. The van der Waals surface area contributed by atoms with Crippen molar-refractivity contribution in [2.75, 3.05) is 18.5 Å². The zero-order chi connectivity index (χ0) is 25.6. The molecule has 8 nitrogen and oxygen atoms in total. The van der Waals surface area contributed by atoms with E-state index in [1.54, 1.807) is 60.7 Å². The minimum absolute atomic E-state index is 0.118. The number of carbonyl (C=O) groups is 2. The van der Waals surface area contributed by atoms with Gasteiger partial charge in [0.25, 0.3) is 0 Å². The van der Waals surface area contributed by atoms with Crippen molar-refractivity contribution in [1.82, 2.24) is 0 Å². The Labute approximate surface area is 209 Å². The fraction of sp³-hybridized carbons (Fsp3) is 0.214. The number of ether oxygens (including phenoxy) is 3. The van der Waals surface area contributed by atoms with Crippen LogP contribution in [0.3, 0.4) is 0 Å². The maximum Gasteiger partial charge on any atom is 0.412 e. The molecule has 3 aromatic carbocycles. The highest BCUT2D eigenvalue weighted by Crippen LogP contribution is 2.31. The Hall–Kier alpha value is -4.30. The van der Waals surface area contributed by atoms with Crippen molar-refractivity contribution in [3.8, 4) is 11.5 Å². The van der Waals surface area contributed by atoms with Gasteiger partial charge in [-0.2, -0.15) is 0 Å². The van der Waals surface area contributed by atoms with Crippen LogP contribution in [0.5, 0.6) is 11.5 Å². The fourth-order valence-corrected chi connectivity index (χ4v) is 3.48. The van der Waals surface area contributed by atoms with Crippen LogP contribution in [0.15, 0.2) is 97.1 Å². The molecule has 0 aliphatic heterocycles. The summed E-state index contributed by atoms with van der Waals surface area (Å²) in [6.07, 6.45) is 1.17. The lowest BCUT2D eigenvalue weighted by Crippen LogP contribution is -2.31. The number of carboxylic acids is 1. The number of anilines is 1. The number of aliphatic carboxylic acids is 1. The van der Waals surface area contributed by atoms with Gasteiger partial charge in [-0.3, -0.25) is 5.32 Å². The Bertz CT molecular complexity index is 1120. The number of rotatable bonds is 13. The van der Waals surface area contributed by atoms with Crippen LogP contribution in [0.4, 0.5) is 10.5 Å². The van der Waals surface area contributed by atoms with Crippen LogP contribution in [0.1, 0.15) is 24.5 Å². The Kier molecular flexibility index (Phi) is 10.4. The largest absolute Gasteiger partial charge is 0.491 e. The van der Waals surface area contributed by atoms with E-state index in [1.807, 2.05) is 24.3 Å². The first kappa shape index (κ1) is 26.3. The summed E-state index contributed by atoms with van der Waals surface area (Å²) in [5, 5.41) is 20.8. The minimum Gasteiger partial charge on any atom is -0.491 e. The van der Waals surface area contributed by atoms with Gasteiger partial charge in [-0.15, -0.1) is 0 Å². The van der Waals surface area contributed by atoms with Gasteiger partial charge in [-0.25, -0.2) is 9.59 Å². The summed E-state index contributed by atoms with van der Waals surface area (Å²) in [5.74, 6) is 0.0385. The maximum atomic E-state index is 12.9. The second-order valence-electron chi connectivity index (χ2n) is 7.75. The van der Waals surface area contributed by atoms with Crippen molar-refractivity contribution in [1.29, 1.82) is 0 Å². The van der Waals surface area contributed by atoms with Gasteiger partial charge < -0.3 is 24.4 Å². The molecule has 0 aliphatic carbocycles. The van der Waals surface area contributed by atoms with Crippen molar-refractivity contribution >= 4 is 17.7 Å². The Balaban J connectivity index is 1.90. The summed E-state index contributed by atoms with van der Waals surface area (Å²) >= 11 is 0. The summed E-state index contributed by atoms with van der Waals surface area (Å²) in [7, 11) is 0. The van der Waals surface area contributed by atoms with Crippen LogP contribution in [0.25, 0.3) is 0 Å². The highest BCUT2D eigenvalue weighted by Gasteiger charge is 2.29. The molecule has 0 bridgehead atoms. The quantitative estimate of drug-likeness (QED) is 0.281. The highest BCUT2D eigenvalue weighted by atomic mass is 16.6. The molecule has 36 heavy (non-hydrogen) atoms. The number of hydrogen-bond acceptors (Lipinski definition) is 6. The number of carbonyl (C=O) groups excluding carboxylic acids is 1. The van der Waals surface area contributed by atoms with Gasteiger partial charge in [0.1, 0.15) is 24.2 Å². The van der Waals surface area contributed by atoms with E-state index in [4.69, 9.17) is 24.4 Å². The number of aliphatic hydroxyl groups excluding tert-OH is 1. The number of carboxylic acid groups (broad SMARTS) is 1. The van der Waals surface area contributed by atoms with Crippen molar-refractivity contribution in [3.05, 3.63) is 103 Å². The van der Waals surface area contributed by atoms with Gasteiger partial charge in [-0.1, -0.05) is 54.6 Å². The lowest BCUT2D eigenvalue weighted by Gasteiger charge is -2.28. The summed E-state index contributed by atoms with van der Waals surface area (Å²) in [6, 6.07) is 25.1. The Morgan fingerprint density at radius 1 is 0.917 bits per heavy atom. The smallest absolute Gasteiger partial charge is 0.412 e. The Morgan fingerprint density at radius 2 is 1.61 bits per heavy atom. The van der Waals surface area contributed by atoms with E-state index in [2.05, 4.69) is 5.32 Å². The number of para-hydroxylation sites is 2. The summed E-state index contributed by atoms with van der Waals surface area (Å²) in [4.78, 5) is 23.8. The summed E-state index contributed by atoms with van der Waals surface area (Å²) in [5.41, 5.74) is 1.20. The van der Waals surface area contributed by atoms with Crippen molar-refractivity contribution in [3.63, 3.8) is 0 Å². The molecular formula is C28H29NO7. The second-order valence-corrected chi connectivity index (χ2v) is 7.75. The molecule has 0 aliphatic rings. The number of hydrogen-bond donors (Lipinski definition) is 3. The summed E-state index contributed by atoms with van der Waals surface area (Å²) in [6.45, 7) is -0.0211. The first-order valence-corrected chi connectivity index (χ1v) is 11.5. The molecule has 0 radical (unpaired) electrons. The molecule has 0 unspecified atom stereocenters. The van der Waals surface area contributed by atoms with Crippen LogP contribution < -0.4 is 14.8 Å². The van der Waals surface area contributed by atoms with Crippen LogP contribution in [0, 0.1) is 0 Å². The van der Waals surface area contributed by atoms with Crippen molar-refractivity contribution < 1.29 is 34.0 Å². The van der Waals surface area contributed by atoms with Gasteiger partial charge >= 0.3 is 12.1 Å². The minimum atomic E-state index is -1.04. The predicted octanol–water partition coefficient (Wildman–Crippen LogP) is 5.22. The number of benzene rings is 3. The van der Waals surface area contributed by atoms with Crippen LogP contribution in [0.2, 0.25) is 0 Å². The van der Waals surface area contributed by atoms with Gasteiger partial charge in [0.05, 0.1) is 6.61 Å². The van der Waals surface area contributed by atoms with E-state index in [-0.39, 0.29) is 13.2 Å². The molecule has 0 saturated carbocycles. The van der Waals surface area contributed by atoms with E-state index in [9.17, 15) is 9.59 Å². The topological polar surface area (TPSA) is 114 Å². The first-order chi connectivity index (χ1) is 17.5. The normalized spacial score (nSPS) is 12.5. The molecule has 3 rings (SSSR count). The SMILES string of the molecule is O=C(O)/C=C/CC[C@H](Oc1ccccc1)[C@@H](OC(=O)Nc1ccccc1)c1cccc(OCCO)c1. The van der Waals surface area contributed by atoms with Gasteiger partial charge in [-0.05, 0) is 54.8 Å². The van der Waals surface area contributed by atoms with E-state index >= 15 is 0 Å². The molecule has 3 aromatic rings. The lowest BCUT2D eigenvalue weighted by atomic mass is 9.99. The lowest BCUT2D eigenvalue weighted by molar-refractivity contribution is -0.131. The molecule has 0 aromatic heterocycles. The Morgan fingerprint density at radius 3 is 2.31 bits per heavy atom. The van der Waals surface area contributed by atoms with Crippen molar-refractivity contribution in [2.45, 2.75) is 25.0 Å². The van der Waals surface area contributed by atoms with Crippen LogP contribution in [-0.2, 0) is 9.53 Å². The number of allylic oxidation sites excluding steroid dienone is 1. The third-order valence-electron chi connectivity index (χ3n) is 5.05. The monoisotopic (exact) mass is 491 g/mol. The molecule has 0 spiro atoms. The summed E-state index contributed by atoms with van der Waals surface area (Å²) < 4.78 is 17.7. The number of nitrogens with one attached hydrogen (secondary N) is 1. The van der Waals surface area contributed by atoms with Gasteiger partial charge in [0, 0.05) is 11.8 Å². The zero-order valence-electron chi connectivity index (χ0n) is 19.7. The van der Waals surface area contributed by atoms with Crippen LogP contribution >= 0.6 is 0 Å². The predicted molar refractivity (Wildman–Crippen MR) is 135 cm³/mol. The molecular weight excluding hydrogens is 462 g/mol. The molecule has 1 amide bonds. The molecule has 0 fully saturated rings. The third-order valence-corrected chi connectivity index (χ3v) is 5.05. The molecule has 2 atom stereocenters.